The molecule has 0 fully saturated rings. The standard InChI is InChI=1S/C13H14N2O2S3/c14-13(18)12-3-1-2-10(6-12)9-20(16,17)15-7-11-4-5-19-8-11/h1-6,8,15H,7,9H2,(H2,14,18). The van der Waals surface area contributed by atoms with Crippen molar-refractivity contribution in [2.24, 2.45) is 5.73 Å². The number of thiophene rings is 1. The van der Waals surface area contributed by atoms with Gasteiger partial charge in [0.2, 0.25) is 10.0 Å². The quantitative estimate of drug-likeness (QED) is 0.797. The van der Waals surface area contributed by atoms with E-state index in [-0.39, 0.29) is 10.7 Å². The van der Waals surface area contributed by atoms with E-state index in [1.165, 1.54) is 11.3 Å². The van der Waals surface area contributed by atoms with E-state index in [2.05, 4.69) is 4.72 Å². The van der Waals surface area contributed by atoms with Crippen molar-refractivity contribution < 1.29 is 8.42 Å². The largest absolute Gasteiger partial charge is 0.389 e. The van der Waals surface area contributed by atoms with Gasteiger partial charge in [-0.1, -0.05) is 30.4 Å². The molecule has 0 radical (unpaired) electrons. The van der Waals surface area contributed by atoms with Gasteiger partial charge in [-0.2, -0.15) is 11.3 Å². The maximum absolute atomic E-state index is 12.0. The van der Waals surface area contributed by atoms with Crippen LogP contribution in [0.1, 0.15) is 16.7 Å². The number of hydrogen-bond donors (Lipinski definition) is 2. The van der Waals surface area contributed by atoms with Crippen molar-refractivity contribution in [2.45, 2.75) is 12.3 Å². The second-order valence-electron chi connectivity index (χ2n) is 4.28. The lowest BCUT2D eigenvalue weighted by Crippen LogP contribution is -2.24. The lowest BCUT2D eigenvalue weighted by Gasteiger charge is -2.07. The third-order valence-corrected chi connectivity index (χ3v) is 4.91. The van der Waals surface area contributed by atoms with Crippen molar-refractivity contribution in [3.8, 4) is 0 Å². The van der Waals surface area contributed by atoms with E-state index in [4.69, 9.17) is 18.0 Å². The van der Waals surface area contributed by atoms with Gasteiger partial charge in [0.25, 0.3) is 0 Å². The van der Waals surface area contributed by atoms with Crippen LogP contribution in [0.5, 0.6) is 0 Å². The van der Waals surface area contributed by atoms with Crippen LogP contribution in [-0.2, 0) is 22.3 Å². The topological polar surface area (TPSA) is 72.2 Å². The van der Waals surface area contributed by atoms with Crippen molar-refractivity contribution in [1.29, 1.82) is 0 Å². The molecule has 7 heteroatoms. The molecule has 0 aliphatic heterocycles. The fraction of sp³-hybridized carbons (Fsp3) is 0.154. The van der Waals surface area contributed by atoms with Crippen LogP contribution < -0.4 is 10.5 Å². The van der Waals surface area contributed by atoms with Gasteiger partial charge in [0.15, 0.2) is 0 Å². The molecule has 2 rings (SSSR count). The minimum Gasteiger partial charge on any atom is -0.389 e. The van der Waals surface area contributed by atoms with Crippen LogP contribution in [0.25, 0.3) is 0 Å². The minimum absolute atomic E-state index is 0.0897. The van der Waals surface area contributed by atoms with Gasteiger partial charge >= 0.3 is 0 Å². The summed E-state index contributed by atoms with van der Waals surface area (Å²) in [6.45, 7) is 0.306. The first kappa shape index (κ1) is 15.1. The molecule has 1 aromatic heterocycles. The lowest BCUT2D eigenvalue weighted by atomic mass is 10.1. The summed E-state index contributed by atoms with van der Waals surface area (Å²) in [5.74, 6) is -0.0897. The molecule has 1 aromatic carbocycles. The third-order valence-electron chi connectivity index (χ3n) is 2.64. The maximum Gasteiger partial charge on any atom is 0.216 e. The predicted octanol–water partition coefficient (Wildman–Crippen LogP) is 2.00. The molecule has 20 heavy (non-hydrogen) atoms. The number of nitrogens with two attached hydrogens (primary N) is 1. The Morgan fingerprint density at radius 3 is 2.75 bits per heavy atom. The van der Waals surface area contributed by atoms with Gasteiger partial charge in [0, 0.05) is 12.1 Å². The Morgan fingerprint density at radius 2 is 2.10 bits per heavy atom. The molecule has 0 spiro atoms. The van der Waals surface area contributed by atoms with Gasteiger partial charge in [-0.15, -0.1) is 0 Å². The highest BCUT2D eigenvalue weighted by Crippen LogP contribution is 2.10. The van der Waals surface area contributed by atoms with Crippen LogP contribution in [0.15, 0.2) is 41.1 Å². The van der Waals surface area contributed by atoms with Gasteiger partial charge < -0.3 is 5.73 Å². The van der Waals surface area contributed by atoms with Crippen molar-refractivity contribution >= 4 is 38.6 Å². The Balaban J connectivity index is 2.04. The van der Waals surface area contributed by atoms with E-state index in [1.54, 1.807) is 24.3 Å². The maximum atomic E-state index is 12.0. The molecule has 106 valence electrons. The molecule has 0 unspecified atom stereocenters. The monoisotopic (exact) mass is 326 g/mol. The third kappa shape index (κ3) is 4.38. The normalized spacial score (nSPS) is 11.4. The van der Waals surface area contributed by atoms with Gasteiger partial charge in [-0.25, -0.2) is 13.1 Å². The zero-order valence-electron chi connectivity index (χ0n) is 10.6. The molecule has 0 bridgehead atoms. The first-order valence-electron chi connectivity index (χ1n) is 5.83. The minimum atomic E-state index is -3.38. The number of nitrogens with one attached hydrogen (secondary N) is 1. The average Bonchev–Trinajstić information content (AvgIpc) is 2.89. The molecule has 0 amide bonds. The summed E-state index contributed by atoms with van der Waals surface area (Å²) < 4.78 is 26.6. The van der Waals surface area contributed by atoms with Crippen LogP contribution >= 0.6 is 23.6 Å². The molecule has 0 aliphatic carbocycles. The molecule has 0 aliphatic rings. The Kier molecular flexibility index (Phi) is 4.87. The van der Waals surface area contributed by atoms with Crippen LogP contribution in [0, 0.1) is 0 Å². The number of thiocarbonyl (C=S) groups is 1. The molecule has 0 atom stereocenters. The van der Waals surface area contributed by atoms with Gasteiger partial charge in [0.05, 0.1) is 5.75 Å². The van der Waals surface area contributed by atoms with Crippen LogP contribution in [-0.4, -0.2) is 13.4 Å². The fourth-order valence-electron chi connectivity index (χ4n) is 1.67. The summed E-state index contributed by atoms with van der Waals surface area (Å²) in [5, 5.41) is 3.82. The summed E-state index contributed by atoms with van der Waals surface area (Å²) in [6, 6.07) is 8.84. The van der Waals surface area contributed by atoms with E-state index >= 15 is 0 Å². The van der Waals surface area contributed by atoms with Gasteiger partial charge in [-0.3, -0.25) is 0 Å². The Morgan fingerprint density at radius 1 is 1.30 bits per heavy atom. The molecular weight excluding hydrogens is 312 g/mol. The van der Waals surface area contributed by atoms with Crippen LogP contribution in [0.2, 0.25) is 0 Å². The molecule has 0 saturated carbocycles. The summed E-state index contributed by atoms with van der Waals surface area (Å²) in [6.07, 6.45) is 0. The van der Waals surface area contributed by atoms with E-state index in [0.29, 0.717) is 17.7 Å². The van der Waals surface area contributed by atoms with E-state index in [0.717, 1.165) is 5.56 Å². The summed E-state index contributed by atoms with van der Waals surface area (Å²) in [5.41, 5.74) is 7.82. The van der Waals surface area contributed by atoms with Crippen LogP contribution in [0.4, 0.5) is 0 Å². The van der Waals surface area contributed by atoms with Crippen molar-refractivity contribution in [3.63, 3.8) is 0 Å². The molecule has 3 N–H and O–H groups in total. The van der Waals surface area contributed by atoms with E-state index < -0.39 is 10.0 Å². The molecule has 0 saturated heterocycles. The van der Waals surface area contributed by atoms with Crippen molar-refractivity contribution in [1.82, 2.24) is 4.72 Å². The highest BCUT2D eigenvalue weighted by Gasteiger charge is 2.12. The Bertz CT molecular complexity index is 694. The van der Waals surface area contributed by atoms with Gasteiger partial charge in [0.1, 0.15) is 4.99 Å². The van der Waals surface area contributed by atoms with Crippen molar-refractivity contribution in [3.05, 3.63) is 57.8 Å². The smallest absolute Gasteiger partial charge is 0.216 e. The number of benzene rings is 1. The SMILES string of the molecule is NC(=S)c1cccc(CS(=O)(=O)NCc2ccsc2)c1. The number of sulfonamides is 1. The summed E-state index contributed by atoms with van der Waals surface area (Å²) >= 11 is 6.42. The van der Waals surface area contributed by atoms with E-state index in [1.807, 2.05) is 16.8 Å². The molecule has 4 nitrogen and oxygen atoms in total. The summed E-state index contributed by atoms with van der Waals surface area (Å²) in [4.78, 5) is 0.260. The Hall–Kier alpha value is -1.28. The van der Waals surface area contributed by atoms with E-state index in [9.17, 15) is 8.42 Å². The van der Waals surface area contributed by atoms with Crippen LogP contribution in [0.3, 0.4) is 0 Å². The summed E-state index contributed by atoms with van der Waals surface area (Å²) in [7, 11) is -3.38. The highest BCUT2D eigenvalue weighted by atomic mass is 32.2. The van der Waals surface area contributed by atoms with Gasteiger partial charge in [-0.05, 0) is 34.0 Å². The first-order valence-corrected chi connectivity index (χ1v) is 8.84. The number of hydrogen-bond acceptors (Lipinski definition) is 4. The molecule has 1 heterocycles. The Labute approximate surface area is 127 Å². The zero-order valence-corrected chi connectivity index (χ0v) is 13.0. The number of rotatable bonds is 6. The predicted molar refractivity (Wildman–Crippen MR) is 86.1 cm³/mol. The van der Waals surface area contributed by atoms with Crippen molar-refractivity contribution in [2.75, 3.05) is 0 Å². The second kappa shape index (κ2) is 6.45. The fourth-order valence-corrected chi connectivity index (χ4v) is 3.57. The lowest BCUT2D eigenvalue weighted by molar-refractivity contribution is 0.580. The highest BCUT2D eigenvalue weighted by molar-refractivity contribution is 7.88. The second-order valence-corrected chi connectivity index (χ2v) is 7.30. The first-order chi connectivity index (χ1) is 9.46. The zero-order chi connectivity index (χ0) is 14.6. The average molecular weight is 326 g/mol. The molecule has 2 aromatic rings. The molecular formula is C13H14N2O2S3.